The smallest absolute Gasteiger partial charge is 0.296 e. The Hall–Kier alpha value is -3.28. The summed E-state index contributed by atoms with van der Waals surface area (Å²) in [6, 6.07) is 7.05. The maximum atomic E-state index is 13.0. The van der Waals surface area contributed by atoms with E-state index in [9.17, 15) is 36.5 Å². The first-order valence-corrected chi connectivity index (χ1v) is 10.7. The molecule has 3 aromatic rings. The molecule has 12 heteroatoms. The van der Waals surface area contributed by atoms with Crippen molar-refractivity contribution >= 4 is 26.4 Å². The molecule has 162 valence electrons. The maximum absolute atomic E-state index is 13.0. The summed E-state index contributed by atoms with van der Waals surface area (Å²) >= 11 is 0. The van der Waals surface area contributed by atoms with E-state index in [-0.39, 0.29) is 40.3 Å². The van der Waals surface area contributed by atoms with Crippen molar-refractivity contribution in [2.24, 2.45) is 0 Å². The van der Waals surface area contributed by atoms with Crippen molar-refractivity contribution in [2.75, 3.05) is 5.75 Å². The van der Waals surface area contributed by atoms with Gasteiger partial charge in [-0.1, -0.05) is 0 Å². The Balaban J connectivity index is 1.71. The van der Waals surface area contributed by atoms with E-state index in [1.165, 1.54) is 4.57 Å². The molecule has 2 aromatic carbocycles. The SMILES string of the molecule is O=c1c2ccc(C(F)(F)F)cc2nc2n1CCC2CS(=O)(=O)c1ccc([N+](=O)[O-])cc1. The second-order valence-corrected chi connectivity index (χ2v) is 9.21. The van der Waals surface area contributed by atoms with Gasteiger partial charge in [0.25, 0.3) is 11.2 Å². The molecule has 0 saturated carbocycles. The van der Waals surface area contributed by atoms with Gasteiger partial charge < -0.3 is 0 Å². The number of alkyl halides is 3. The highest BCUT2D eigenvalue weighted by Crippen LogP contribution is 2.33. The predicted octanol–water partition coefficient (Wildman–Crippen LogP) is 3.28. The van der Waals surface area contributed by atoms with Gasteiger partial charge in [-0.3, -0.25) is 19.5 Å². The average Bonchev–Trinajstić information content (AvgIpc) is 3.09. The van der Waals surface area contributed by atoms with E-state index in [4.69, 9.17) is 0 Å². The van der Waals surface area contributed by atoms with Gasteiger partial charge in [0, 0.05) is 24.6 Å². The fraction of sp³-hybridized carbons (Fsp3) is 0.263. The lowest BCUT2D eigenvalue weighted by Crippen LogP contribution is -2.23. The summed E-state index contributed by atoms with van der Waals surface area (Å²) in [6.07, 6.45) is -4.33. The minimum absolute atomic E-state index is 0.0237. The lowest BCUT2D eigenvalue weighted by Gasteiger charge is -2.13. The Morgan fingerprint density at radius 1 is 1.16 bits per heavy atom. The molecule has 2 heterocycles. The van der Waals surface area contributed by atoms with Crippen LogP contribution in [0, 0.1) is 10.1 Å². The molecule has 0 spiro atoms. The van der Waals surface area contributed by atoms with E-state index in [1.54, 1.807) is 0 Å². The second-order valence-electron chi connectivity index (χ2n) is 7.17. The number of hydrogen-bond donors (Lipinski definition) is 0. The van der Waals surface area contributed by atoms with Crippen LogP contribution < -0.4 is 5.56 Å². The summed E-state index contributed by atoms with van der Waals surface area (Å²) in [4.78, 5) is 26.9. The first kappa shape index (κ1) is 21.0. The number of fused-ring (bicyclic) bond motifs is 2. The average molecular weight is 453 g/mol. The molecule has 0 bridgehead atoms. The fourth-order valence-corrected chi connectivity index (χ4v) is 5.24. The van der Waals surface area contributed by atoms with Crippen LogP contribution >= 0.6 is 0 Å². The van der Waals surface area contributed by atoms with E-state index in [0.29, 0.717) is 0 Å². The number of aromatic nitrogens is 2. The van der Waals surface area contributed by atoms with Crippen molar-refractivity contribution in [1.82, 2.24) is 9.55 Å². The first-order chi connectivity index (χ1) is 14.5. The number of sulfone groups is 1. The van der Waals surface area contributed by atoms with Crippen LogP contribution in [0.3, 0.4) is 0 Å². The number of nitrogens with zero attached hydrogens (tertiary/aromatic N) is 3. The van der Waals surface area contributed by atoms with E-state index in [0.717, 1.165) is 42.5 Å². The summed E-state index contributed by atoms with van der Waals surface area (Å²) in [6.45, 7) is 0.193. The predicted molar refractivity (Wildman–Crippen MR) is 104 cm³/mol. The van der Waals surface area contributed by atoms with Crippen molar-refractivity contribution in [3.05, 3.63) is 74.3 Å². The van der Waals surface area contributed by atoms with Crippen LogP contribution in [0.25, 0.3) is 10.9 Å². The molecule has 1 aliphatic heterocycles. The number of nitro benzene ring substituents is 1. The quantitative estimate of drug-likeness (QED) is 0.443. The van der Waals surface area contributed by atoms with Crippen molar-refractivity contribution < 1.29 is 26.5 Å². The van der Waals surface area contributed by atoms with Gasteiger partial charge in [0.2, 0.25) is 0 Å². The molecule has 4 rings (SSSR count). The fourth-order valence-electron chi connectivity index (χ4n) is 3.65. The lowest BCUT2D eigenvalue weighted by molar-refractivity contribution is -0.384. The third kappa shape index (κ3) is 3.78. The third-order valence-electron chi connectivity index (χ3n) is 5.21. The molecule has 0 N–H and O–H groups in total. The molecule has 31 heavy (non-hydrogen) atoms. The number of benzene rings is 2. The van der Waals surface area contributed by atoms with E-state index in [2.05, 4.69) is 4.98 Å². The van der Waals surface area contributed by atoms with Crippen molar-refractivity contribution in [3.63, 3.8) is 0 Å². The van der Waals surface area contributed by atoms with Crippen LogP contribution in [-0.4, -0.2) is 28.6 Å². The molecule has 0 amide bonds. The largest absolute Gasteiger partial charge is 0.416 e. The molecule has 0 saturated heterocycles. The highest BCUT2D eigenvalue weighted by molar-refractivity contribution is 7.91. The summed E-state index contributed by atoms with van der Waals surface area (Å²) in [5.74, 6) is -1.02. The molecule has 1 unspecified atom stereocenters. The lowest BCUT2D eigenvalue weighted by atomic mass is 10.1. The summed E-state index contributed by atoms with van der Waals surface area (Å²) in [5.41, 5.74) is -1.88. The van der Waals surface area contributed by atoms with Crippen LogP contribution in [0.2, 0.25) is 0 Å². The Morgan fingerprint density at radius 3 is 2.45 bits per heavy atom. The minimum atomic E-state index is -4.61. The van der Waals surface area contributed by atoms with Crippen LogP contribution in [-0.2, 0) is 22.6 Å². The topological polar surface area (TPSA) is 112 Å². The van der Waals surface area contributed by atoms with E-state index in [1.807, 2.05) is 0 Å². The van der Waals surface area contributed by atoms with Crippen LogP contribution in [0.1, 0.15) is 23.7 Å². The zero-order valence-electron chi connectivity index (χ0n) is 15.7. The van der Waals surface area contributed by atoms with E-state index >= 15 is 0 Å². The van der Waals surface area contributed by atoms with Crippen molar-refractivity contribution in [2.45, 2.75) is 30.0 Å². The molecule has 1 atom stereocenters. The zero-order chi connectivity index (χ0) is 22.6. The monoisotopic (exact) mass is 453 g/mol. The van der Waals surface area contributed by atoms with Crippen molar-refractivity contribution in [3.8, 4) is 0 Å². The molecular formula is C19H14F3N3O5S. The minimum Gasteiger partial charge on any atom is -0.296 e. The van der Waals surface area contributed by atoms with Gasteiger partial charge in [-0.15, -0.1) is 0 Å². The Labute approximate surface area is 173 Å². The molecular weight excluding hydrogens is 439 g/mol. The molecule has 0 aliphatic carbocycles. The standard InChI is InChI=1S/C19H14F3N3O5S/c20-19(21,22)12-1-6-15-16(9-12)23-17-11(7-8-24(17)18(15)26)10-31(29,30)14-4-2-13(3-5-14)25(27)28/h1-6,9,11H,7-8,10H2. The van der Waals surface area contributed by atoms with Gasteiger partial charge in [-0.25, -0.2) is 13.4 Å². The Kier molecular flexibility index (Phi) is 4.84. The van der Waals surface area contributed by atoms with Gasteiger partial charge in [-0.05, 0) is 36.8 Å². The van der Waals surface area contributed by atoms with Gasteiger partial charge in [0.15, 0.2) is 9.84 Å². The third-order valence-corrected chi connectivity index (χ3v) is 7.04. The van der Waals surface area contributed by atoms with Gasteiger partial charge >= 0.3 is 6.18 Å². The first-order valence-electron chi connectivity index (χ1n) is 9.06. The second kappa shape index (κ2) is 7.15. The summed E-state index contributed by atoms with van der Waals surface area (Å²) in [5, 5.41) is 10.8. The molecule has 1 aromatic heterocycles. The van der Waals surface area contributed by atoms with Crippen molar-refractivity contribution in [1.29, 1.82) is 0 Å². The zero-order valence-corrected chi connectivity index (χ0v) is 16.5. The normalized spacial score (nSPS) is 16.4. The number of rotatable bonds is 4. The Morgan fingerprint density at radius 2 is 1.84 bits per heavy atom. The highest BCUT2D eigenvalue weighted by atomic mass is 32.2. The number of nitro groups is 1. The van der Waals surface area contributed by atoms with Crippen LogP contribution in [0.5, 0.6) is 0 Å². The number of hydrogen-bond acceptors (Lipinski definition) is 6. The number of non-ortho nitro benzene ring substituents is 1. The summed E-state index contributed by atoms with van der Waals surface area (Å²) in [7, 11) is -3.88. The summed E-state index contributed by atoms with van der Waals surface area (Å²) < 4.78 is 65.9. The van der Waals surface area contributed by atoms with Gasteiger partial charge in [-0.2, -0.15) is 13.2 Å². The highest BCUT2D eigenvalue weighted by Gasteiger charge is 2.33. The van der Waals surface area contributed by atoms with Gasteiger partial charge in [0.05, 0.1) is 32.0 Å². The molecule has 8 nitrogen and oxygen atoms in total. The molecule has 0 radical (unpaired) electrons. The molecule has 0 fully saturated rings. The van der Waals surface area contributed by atoms with Crippen LogP contribution in [0.4, 0.5) is 18.9 Å². The van der Waals surface area contributed by atoms with Gasteiger partial charge in [0.1, 0.15) is 5.82 Å². The molecule has 1 aliphatic rings. The van der Waals surface area contributed by atoms with E-state index < -0.39 is 43.7 Å². The number of halogens is 3. The van der Waals surface area contributed by atoms with Crippen LogP contribution in [0.15, 0.2) is 52.2 Å². The Bertz CT molecular complexity index is 1370. The maximum Gasteiger partial charge on any atom is 0.416 e.